The number of rotatable bonds is 5. The number of aromatic amines is 2. The van der Waals surface area contributed by atoms with Gasteiger partial charge in [0, 0.05) is 64.9 Å². The second kappa shape index (κ2) is 9.07. The summed E-state index contributed by atoms with van der Waals surface area (Å²) in [7, 11) is 0. The standard InChI is InChI=1S/C32H33FN4/c33-24-9-11-25(12-10-24)37-16-13-23(22-37)21-36-17-14-32(15-18-36,28-19-34-30-7-3-1-5-26(28)30)29-20-35-31-8-4-2-6-27(29)31/h1-12,19-20,23,34-35H,13-18,21-22H2/t23-/m0/s1. The Labute approximate surface area is 217 Å². The highest BCUT2D eigenvalue weighted by molar-refractivity contribution is 5.89. The first kappa shape index (κ1) is 22.6. The van der Waals surface area contributed by atoms with Crippen molar-refractivity contribution in [1.82, 2.24) is 14.9 Å². The van der Waals surface area contributed by atoms with Crippen LogP contribution in [-0.2, 0) is 5.41 Å². The van der Waals surface area contributed by atoms with Crippen LogP contribution in [0.1, 0.15) is 30.4 Å². The molecule has 188 valence electrons. The quantitative estimate of drug-likeness (QED) is 0.287. The fourth-order valence-electron chi connectivity index (χ4n) is 6.97. The van der Waals surface area contributed by atoms with Crippen LogP contribution in [-0.4, -0.2) is 47.6 Å². The van der Waals surface area contributed by atoms with Crippen molar-refractivity contribution < 1.29 is 4.39 Å². The molecular weight excluding hydrogens is 459 g/mol. The Morgan fingerprint density at radius 1 is 0.757 bits per heavy atom. The molecule has 5 aromatic rings. The lowest BCUT2D eigenvalue weighted by molar-refractivity contribution is 0.161. The summed E-state index contributed by atoms with van der Waals surface area (Å²) in [5.74, 6) is 0.487. The summed E-state index contributed by atoms with van der Waals surface area (Å²) in [6.07, 6.45) is 7.93. The first-order valence-electron chi connectivity index (χ1n) is 13.6. The maximum atomic E-state index is 13.4. The third-order valence-electron chi connectivity index (χ3n) is 8.91. The molecular formula is C32H33FN4. The molecule has 1 atom stereocenters. The molecule has 0 saturated carbocycles. The molecule has 7 rings (SSSR count). The lowest BCUT2D eigenvalue weighted by atomic mass is 9.67. The number of likely N-dealkylation sites (tertiary alicyclic amines) is 1. The number of anilines is 1. The number of nitrogens with zero attached hydrogens (tertiary/aromatic N) is 2. The van der Waals surface area contributed by atoms with E-state index in [1.54, 1.807) is 12.1 Å². The average Bonchev–Trinajstić information content (AvgIpc) is 3.69. The van der Waals surface area contributed by atoms with E-state index >= 15 is 0 Å². The number of benzene rings is 3. The van der Waals surface area contributed by atoms with Crippen molar-refractivity contribution in [2.75, 3.05) is 37.6 Å². The van der Waals surface area contributed by atoms with Crippen molar-refractivity contribution >= 4 is 27.5 Å². The van der Waals surface area contributed by atoms with Crippen LogP contribution < -0.4 is 4.90 Å². The van der Waals surface area contributed by atoms with E-state index < -0.39 is 0 Å². The fraction of sp³-hybridized carbons (Fsp3) is 0.312. The van der Waals surface area contributed by atoms with Crippen LogP contribution in [0.4, 0.5) is 10.1 Å². The lowest BCUT2D eigenvalue weighted by Crippen LogP contribution is -2.45. The third-order valence-corrected chi connectivity index (χ3v) is 8.91. The van der Waals surface area contributed by atoms with Gasteiger partial charge in [-0.25, -0.2) is 4.39 Å². The highest BCUT2D eigenvalue weighted by Crippen LogP contribution is 2.47. The van der Waals surface area contributed by atoms with Crippen molar-refractivity contribution in [3.63, 3.8) is 0 Å². The zero-order valence-corrected chi connectivity index (χ0v) is 21.1. The summed E-state index contributed by atoms with van der Waals surface area (Å²) in [5, 5.41) is 2.68. The topological polar surface area (TPSA) is 38.1 Å². The van der Waals surface area contributed by atoms with Gasteiger partial charge in [0.15, 0.2) is 0 Å². The number of para-hydroxylation sites is 2. The molecule has 3 aromatic carbocycles. The maximum absolute atomic E-state index is 13.4. The van der Waals surface area contributed by atoms with Crippen LogP contribution in [0.5, 0.6) is 0 Å². The zero-order valence-electron chi connectivity index (χ0n) is 21.1. The van der Waals surface area contributed by atoms with Crippen molar-refractivity contribution in [3.8, 4) is 0 Å². The van der Waals surface area contributed by atoms with Crippen LogP contribution in [0, 0.1) is 11.7 Å². The van der Waals surface area contributed by atoms with Gasteiger partial charge >= 0.3 is 0 Å². The van der Waals surface area contributed by atoms with Gasteiger partial charge in [0.05, 0.1) is 0 Å². The van der Waals surface area contributed by atoms with Gasteiger partial charge in [-0.15, -0.1) is 0 Å². The first-order chi connectivity index (χ1) is 18.2. The van der Waals surface area contributed by atoms with E-state index in [1.807, 2.05) is 12.1 Å². The second-order valence-electron chi connectivity index (χ2n) is 11.0. The van der Waals surface area contributed by atoms with E-state index in [-0.39, 0.29) is 11.2 Å². The molecule has 2 aliphatic rings. The molecule has 4 nitrogen and oxygen atoms in total. The summed E-state index contributed by atoms with van der Waals surface area (Å²) >= 11 is 0. The van der Waals surface area contributed by atoms with E-state index in [0.717, 1.165) is 51.3 Å². The Bertz CT molecular complexity index is 1450. The highest BCUT2D eigenvalue weighted by atomic mass is 19.1. The second-order valence-corrected chi connectivity index (χ2v) is 11.0. The molecule has 2 aromatic heterocycles. The number of H-pyrrole nitrogens is 2. The average molecular weight is 493 g/mol. The van der Waals surface area contributed by atoms with Crippen LogP contribution in [0.2, 0.25) is 0 Å². The number of hydrogen-bond acceptors (Lipinski definition) is 2. The van der Waals surface area contributed by atoms with E-state index in [2.05, 4.69) is 80.7 Å². The smallest absolute Gasteiger partial charge is 0.123 e. The molecule has 0 spiro atoms. The van der Waals surface area contributed by atoms with Crippen molar-refractivity contribution in [2.24, 2.45) is 5.92 Å². The van der Waals surface area contributed by atoms with E-state index in [0.29, 0.717) is 5.92 Å². The van der Waals surface area contributed by atoms with E-state index in [4.69, 9.17) is 0 Å². The first-order valence-corrected chi connectivity index (χ1v) is 13.6. The monoisotopic (exact) mass is 492 g/mol. The number of piperidine rings is 1. The van der Waals surface area contributed by atoms with Crippen molar-refractivity contribution in [2.45, 2.75) is 24.7 Å². The largest absolute Gasteiger partial charge is 0.371 e. The lowest BCUT2D eigenvalue weighted by Gasteiger charge is -2.43. The van der Waals surface area contributed by atoms with Crippen LogP contribution >= 0.6 is 0 Å². The number of aromatic nitrogens is 2. The molecule has 37 heavy (non-hydrogen) atoms. The van der Waals surface area contributed by atoms with Crippen molar-refractivity contribution in [3.05, 3.63) is 102 Å². The zero-order chi connectivity index (χ0) is 24.8. The number of hydrogen-bond donors (Lipinski definition) is 2. The molecule has 0 radical (unpaired) electrons. The summed E-state index contributed by atoms with van der Waals surface area (Å²) in [6, 6.07) is 24.4. The molecule has 2 fully saturated rings. The summed E-state index contributed by atoms with van der Waals surface area (Å²) < 4.78 is 13.4. The molecule has 0 aliphatic carbocycles. The van der Waals surface area contributed by atoms with Gasteiger partial charge in [0.2, 0.25) is 0 Å². The van der Waals surface area contributed by atoms with Crippen LogP contribution in [0.15, 0.2) is 85.2 Å². The minimum atomic E-state index is -0.165. The molecule has 2 aliphatic heterocycles. The van der Waals surface area contributed by atoms with Gasteiger partial charge < -0.3 is 19.8 Å². The van der Waals surface area contributed by atoms with Crippen LogP contribution in [0.25, 0.3) is 21.8 Å². The van der Waals surface area contributed by atoms with Gasteiger partial charge in [0.1, 0.15) is 5.82 Å². The SMILES string of the molecule is Fc1ccc(N2CC[C@@H](CN3CCC(c4c[nH]c5ccccc45)(c4c[nH]c5ccccc45)CC3)C2)cc1. The van der Waals surface area contributed by atoms with Gasteiger partial charge in [-0.05, 0) is 85.8 Å². The summed E-state index contributed by atoms with van der Waals surface area (Å²) in [6.45, 7) is 5.42. The number of halogens is 1. The molecule has 2 saturated heterocycles. The van der Waals surface area contributed by atoms with Gasteiger partial charge in [-0.2, -0.15) is 0 Å². The Balaban J connectivity index is 1.14. The van der Waals surface area contributed by atoms with Crippen molar-refractivity contribution in [1.29, 1.82) is 0 Å². The molecule has 0 amide bonds. The molecule has 0 unspecified atom stereocenters. The van der Waals surface area contributed by atoms with Crippen LogP contribution in [0.3, 0.4) is 0 Å². The Kier molecular flexibility index (Phi) is 5.54. The van der Waals surface area contributed by atoms with Gasteiger partial charge in [-0.3, -0.25) is 0 Å². The molecule has 5 heteroatoms. The predicted octanol–water partition coefficient (Wildman–Crippen LogP) is 6.70. The molecule has 0 bridgehead atoms. The Morgan fingerprint density at radius 3 is 1.97 bits per heavy atom. The van der Waals surface area contributed by atoms with Gasteiger partial charge in [-0.1, -0.05) is 36.4 Å². The molecule has 2 N–H and O–H groups in total. The normalized spacial score (nSPS) is 20.2. The third kappa shape index (κ3) is 3.93. The minimum Gasteiger partial charge on any atom is -0.371 e. The summed E-state index contributed by atoms with van der Waals surface area (Å²) in [4.78, 5) is 12.2. The Morgan fingerprint density at radius 2 is 1.35 bits per heavy atom. The highest BCUT2D eigenvalue weighted by Gasteiger charge is 2.41. The maximum Gasteiger partial charge on any atom is 0.123 e. The summed E-state index contributed by atoms with van der Waals surface area (Å²) in [5.41, 5.74) is 6.40. The van der Waals surface area contributed by atoms with E-state index in [9.17, 15) is 4.39 Å². The predicted molar refractivity (Wildman–Crippen MR) is 150 cm³/mol. The minimum absolute atomic E-state index is 0.0223. The number of nitrogens with one attached hydrogen (secondary N) is 2. The van der Waals surface area contributed by atoms with E-state index in [1.165, 1.54) is 39.4 Å². The Hall–Kier alpha value is -3.57. The van der Waals surface area contributed by atoms with Gasteiger partial charge in [0.25, 0.3) is 0 Å². The molecule has 4 heterocycles. The fourth-order valence-corrected chi connectivity index (χ4v) is 6.97. The number of fused-ring (bicyclic) bond motifs is 2.